The van der Waals surface area contributed by atoms with Crippen molar-refractivity contribution in [2.24, 2.45) is 0 Å². The van der Waals surface area contributed by atoms with E-state index in [4.69, 9.17) is 0 Å². The normalized spacial score (nSPS) is 0. The Morgan fingerprint density at radius 3 is 0.375 bits per heavy atom. The van der Waals surface area contributed by atoms with Crippen molar-refractivity contribution >= 4 is 16.8 Å². The number of hydrogen-bond acceptors (Lipinski definition) is 0. The van der Waals surface area contributed by atoms with Crippen LogP contribution in [0.5, 0.6) is 0 Å². The average Bonchev–Trinajstić information content (AvgIpc) is 0. The molecule has 0 aromatic rings. The maximum Gasteiger partial charge on any atom is 3.00 e. The molecule has 0 aromatic heterocycles. The molecule has 0 fully saturated rings. The zero-order chi connectivity index (χ0) is 0. The SMILES string of the molecule is [B+3].[B+3].[Br-].[Br-].[Br-].[Cl-].[Cl-].[Cl-]. The van der Waals surface area contributed by atoms with Gasteiger partial charge in [-0.25, -0.2) is 0 Å². The van der Waals surface area contributed by atoms with E-state index in [1.807, 2.05) is 0 Å². The van der Waals surface area contributed by atoms with Crippen LogP contribution in [0, 0.1) is 0 Å². The minimum absolute atomic E-state index is 0. The van der Waals surface area contributed by atoms with E-state index in [1.165, 1.54) is 0 Å². The molecule has 0 aliphatic carbocycles. The number of halogens is 6. The van der Waals surface area contributed by atoms with Crippen molar-refractivity contribution in [3.05, 3.63) is 0 Å². The van der Waals surface area contributed by atoms with E-state index in [0.29, 0.717) is 0 Å². The van der Waals surface area contributed by atoms with Crippen molar-refractivity contribution < 1.29 is 88.2 Å². The van der Waals surface area contributed by atoms with Gasteiger partial charge >= 0.3 is 16.8 Å². The second kappa shape index (κ2) is 113. The van der Waals surface area contributed by atoms with E-state index >= 15 is 0 Å². The fraction of sp³-hybridized carbons (Fsp3) is 0. The molecule has 0 rings (SSSR count). The molecule has 0 aliphatic heterocycles. The Morgan fingerprint density at radius 1 is 0.375 bits per heavy atom. The summed E-state index contributed by atoms with van der Waals surface area (Å²) >= 11 is 0. The summed E-state index contributed by atoms with van der Waals surface area (Å²) in [6.45, 7) is 0. The van der Waals surface area contributed by atoms with Gasteiger partial charge in [-0.3, -0.25) is 0 Å². The minimum Gasteiger partial charge on any atom is -1.00 e. The van der Waals surface area contributed by atoms with Crippen molar-refractivity contribution in [3.63, 3.8) is 0 Å². The summed E-state index contributed by atoms with van der Waals surface area (Å²) in [5.74, 6) is 0. The van der Waals surface area contributed by atoms with E-state index in [0.717, 1.165) is 0 Å². The molecule has 0 aliphatic rings. The summed E-state index contributed by atoms with van der Waals surface area (Å²) in [5, 5.41) is 0. The molecule has 0 saturated heterocycles. The van der Waals surface area contributed by atoms with Gasteiger partial charge in [-0.2, -0.15) is 0 Å². The topological polar surface area (TPSA) is 0 Å². The standard InChI is InChI=1S/2B.3BrH.3ClH/h;;6*1H/q2*+3;;;;;;/p-6. The molecule has 0 radical (unpaired) electrons. The third kappa shape index (κ3) is 78.5. The van der Waals surface area contributed by atoms with Gasteiger partial charge in [0.2, 0.25) is 0 Å². The van der Waals surface area contributed by atoms with Gasteiger partial charge in [-0.05, 0) is 0 Å². The fourth-order valence-electron chi connectivity index (χ4n) is 0. The van der Waals surface area contributed by atoms with Crippen LogP contribution < -0.4 is 88.2 Å². The van der Waals surface area contributed by atoms with Crippen LogP contribution >= 0.6 is 0 Å². The maximum atomic E-state index is 0. The van der Waals surface area contributed by atoms with Crippen LogP contribution in [0.15, 0.2) is 0 Å². The maximum absolute atomic E-state index is 0. The molecule has 0 heterocycles. The van der Waals surface area contributed by atoms with Gasteiger partial charge in [-0.1, -0.05) is 0 Å². The molecule has 0 atom stereocenters. The van der Waals surface area contributed by atoms with E-state index in [2.05, 4.69) is 0 Å². The van der Waals surface area contributed by atoms with E-state index in [-0.39, 0.29) is 105 Å². The molecule has 48 valence electrons. The predicted octanol–water partition coefficient (Wildman–Crippen LogP) is -18.7. The zero-order valence-electron chi connectivity index (χ0n) is 3.42. The van der Waals surface area contributed by atoms with Crippen LogP contribution in [0.25, 0.3) is 0 Å². The molecule has 0 bridgehead atoms. The van der Waals surface area contributed by atoms with Crippen LogP contribution in [-0.2, 0) is 0 Å². The summed E-state index contributed by atoms with van der Waals surface area (Å²) < 4.78 is 0. The summed E-state index contributed by atoms with van der Waals surface area (Å²) in [6, 6.07) is 0. The van der Waals surface area contributed by atoms with Crippen molar-refractivity contribution in [1.29, 1.82) is 0 Å². The van der Waals surface area contributed by atoms with Crippen LogP contribution in [0.2, 0.25) is 0 Å². The van der Waals surface area contributed by atoms with Crippen LogP contribution in [0.4, 0.5) is 0 Å². The van der Waals surface area contributed by atoms with Gasteiger partial charge < -0.3 is 88.2 Å². The zero-order valence-corrected chi connectivity index (χ0v) is 10.4. The molecule has 0 saturated carbocycles. The first kappa shape index (κ1) is 156. The van der Waals surface area contributed by atoms with E-state index in [9.17, 15) is 0 Å². The van der Waals surface area contributed by atoms with Crippen LogP contribution in [0.3, 0.4) is 0 Å². The quantitative estimate of drug-likeness (QED) is 0.373. The van der Waals surface area contributed by atoms with Crippen LogP contribution in [0.1, 0.15) is 0 Å². The molecule has 0 N–H and O–H groups in total. The second-order valence-corrected chi connectivity index (χ2v) is 0. The molecular formula is B2Br3Cl3. The molecule has 0 aromatic carbocycles. The van der Waals surface area contributed by atoms with Gasteiger partial charge in [0, 0.05) is 0 Å². The summed E-state index contributed by atoms with van der Waals surface area (Å²) in [6.07, 6.45) is 0. The predicted molar refractivity (Wildman–Crippen MR) is 11.5 cm³/mol. The molecule has 8 heavy (non-hydrogen) atoms. The Bertz CT molecular complexity index is 12.5. The monoisotopic (exact) mass is 364 g/mol. The van der Waals surface area contributed by atoms with Crippen molar-refractivity contribution in [2.75, 3.05) is 0 Å². The first-order chi connectivity index (χ1) is 0. The average molecular weight is 368 g/mol. The Morgan fingerprint density at radius 2 is 0.375 bits per heavy atom. The molecular weight excluding hydrogens is 368 g/mol. The second-order valence-electron chi connectivity index (χ2n) is 0. The van der Waals surface area contributed by atoms with Crippen molar-refractivity contribution in [1.82, 2.24) is 0 Å². The molecule has 0 unspecified atom stereocenters. The third-order valence-corrected chi connectivity index (χ3v) is 0. The summed E-state index contributed by atoms with van der Waals surface area (Å²) in [5.41, 5.74) is 0. The smallest absolute Gasteiger partial charge is 1.00 e. The molecule has 0 spiro atoms. The van der Waals surface area contributed by atoms with Gasteiger partial charge in [0.25, 0.3) is 0 Å². The third-order valence-electron chi connectivity index (χ3n) is 0. The van der Waals surface area contributed by atoms with Gasteiger partial charge in [0.05, 0.1) is 0 Å². The van der Waals surface area contributed by atoms with Gasteiger partial charge in [0.1, 0.15) is 0 Å². The Labute approximate surface area is 104 Å². The van der Waals surface area contributed by atoms with Crippen LogP contribution in [-0.4, -0.2) is 16.8 Å². The van der Waals surface area contributed by atoms with E-state index in [1.54, 1.807) is 0 Å². The minimum atomic E-state index is 0. The Kier molecular flexibility index (Phi) is 2210. The van der Waals surface area contributed by atoms with E-state index < -0.39 is 0 Å². The molecule has 8 heteroatoms. The fourth-order valence-corrected chi connectivity index (χ4v) is 0. The largest absolute Gasteiger partial charge is 3.00 e. The van der Waals surface area contributed by atoms with Crippen molar-refractivity contribution in [3.8, 4) is 0 Å². The molecule has 0 nitrogen and oxygen atoms in total. The summed E-state index contributed by atoms with van der Waals surface area (Å²) in [7, 11) is 0. The Balaban J connectivity index is 0. The first-order valence-electron chi connectivity index (χ1n) is 0. The van der Waals surface area contributed by atoms with Gasteiger partial charge in [0.15, 0.2) is 0 Å². The molecule has 0 amide bonds. The summed E-state index contributed by atoms with van der Waals surface area (Å²) in [4.78, 5) is 0. The first-order valence-corrected chi connectivity index (χ1v) is 0. The number of rotatable bonds is 0. The Hall–Kier alpha value is 2.44. The number of hydrogen-bond donors (Lipinski definition) is 0. The van der Waals surface area contributed by atoms with Crippen molar-refractivity contribution in [2.45, 2.75) is 0 Å². The van der Waals surface area contributed by atoms with Gasteiger partial charge in [-0.15, -0.1) is 0 Å².